The Morgan fingerprint density at radius 3 is 1.31 bits per heavy atom. The molecule has 0 saturated carbocycles. The van der Waals surface area contributed by atoms with E-state index in [1.54, 1.807) is 0 Å². The van der Waals surface area contributed by atoms with Crippen molar-refractivity contribution in [2.75, 3.05) is 13.2 Å². The maximum absolute atomic E-state index is 12.2. The number of unbranched alkanes of at least 4 members (excludes halogenated alkanes) is 20. The zero-order valence-corrected chi connectivity index (χ0v) is 31.5. The van der Waals surface area contributed by atoms with Gasteiger partial charge < -0.3 is 14.6 Å². The summed E-state index contributed by atoms with van der Waals surface area (Å²) in [6, 6.07) is 0. The minimum Gasteiger partial charge on any atom is -0.462 e. The molecule has 5 nitrogen and oxygen atoms in total. The lowest BCUT2D eigenvalue weighted by Crippen LogP contribution is -2.28. The lowest BCUT2D eigenvalue weighted by atomic mass is 10.1. The molecule has 0 aliphatic rings. The van der Waals surface area contributed by atoms with Crippen LogP contribution in [0.25, 0.3) is 0 Å². The van der Waals surface area contributed by atoms with E-state index in [2.05, 4.69) is 62.5 Å². The van der Waals surface area contributed by atoms with Crippen molar-refractivity contribution in [1.82, 2.24) is 0 Å². The molecular formula is C43H76O5. The Hall–Kier alpha value is -2.14. The van der Waals surface area contributed by atoms with Crippen LogP contribution in [0.15, 0.2) is 48.6 Å². The van der Waals surface area contributed by atoms with Crippen molar-refractivity contribution in [2.45, 2.75) is 200 Å². The molecule has 0 aromatic rings. The molecule has 0 aliphatic carbocycles. The zero-order chi connectivity index (χ0) is 35.0. The first-order chi connectivity index (χ1) is 23.6. The molecule has 0 aromatic heterocycles. The number of hydrogen-bond acceptors (Lipinski definition) is 5. The number of allylic oxidation sites excluding steroid dienone is 8. The van der Waals surface area contributed by atoms with Crippen molar-refractivity contribution in [3.8, 4) is 0 Å². The molecule has 278 valence electrons. The fourth-order valence-electron chi connectivity index (χ4n) is 5.50. The van der Waals surface area contributed by atoms with Gasteiger partial charge >= 0.3 is 11.9 Å². The lowest BCUT2D eigenvalue weighted by Gasteiger charge is -2.15. The quantitative estimate of drug-likeness (QED) is 0.0407. The molecule has 0 aromatic carbocycles. The van der Waals surface area contributed by atoms with Gasteiger partial charge in [-0.2, -0.15) is 0 Å². The SMILES string of the molecule is CCCCCC=CCC=CCC=CCCCCCCC(=O)OC(CO)COC(=O)CCCCCCCCCC=CCCCCCCCC. The summed E-state index contributed by atoms with van der Waals surface area (Å²) >= 11 is 0. The van der Waals surface area contributed by atoms with Crippen molar-refractivity contribution >= 4 is 11.9 Å². The highest BCUT2D eigenvalue weighted by atomic mass is 16.6. The number of ether oxygens (including phenoxy) is 2. The van der Waals surface area contributed by atoms with Gasteiger partial charge in [-0.25, -0.2) is 0 Å². The van der Waals surface area contributed by atoms with Gasteiger partial charge in [0.25, 0.3) is 0 Å². The average molecular weight is 673 g/mol. The van der Waals surface area contributed by atoms with Gasteiger partial charge in [0.05, 0.1) is 6.61 Å². The maximum Gasteiger partial charge on any atom is 0.306 e. The van der Waals surface area contributed by atoms with Crippen molar-refractivity contribution in [2.24, 2.45) is 0 Å². The summed E-state index contributed by atoms with van der Waals surface area (Å²) < 4.78 is 10.6. The standard InChI is InChI=1S/C43H76O5/c1-3-5-7-9-11-13-15-17-19-21-23-25-27-29-31-33-35-37-42(45)47-40-41(39-44)48-43(46)38-36-34-32-30-28-26-24-22-20-18-16-14-12-10-8-6-4-2/h12,14,17-20,24,26,41,44H,3-11,13,15-16,21-23,25,27-40H2,1-2H3. The molecule has 1 unspecified atom stereocenters. The second kappa shape index (κ2) is 39.3. The summed E-state index contributed by atoms with van der Waals surface area (Å²) in [5, 5.41) is 9.55. The Kier molecular flexibility index (Phi) is 37.5. The number of carbonyl (C=O) groups is 2. The molecular weight excluding hydrogens is 596 g/mol. The molecule has 0 aliphatic heterocycles. The minimum absolute atomic E-state index is 0.0776. The van der Waals surface area contributed by atoms with Crippen molar-refractivity contribution in [1.29, 1.82) is 0 Å². The van der Waals surface area contributed by atoms with E-state index in [1.165, 1.54) is 103 Å². The third kappa shape index (κ3) is 36.7. The van der Waals surface area contributed by atoms with E-state index in [0.29, 0.717) is 12.8 Å². The summed E-state index contributed by atoms with van der Waals surface area (Å²) in [6.07, 6.45) is 48.8. The zero-order valence-electron chi connectivity index (χ0n) is 31.5. The smallest absolute Gasteiger partial charge is 0.306 e. The van der Waals surface area contributed by atoms with Gasteiger partial charge in [0, 0.05) is 12.8 Å². The predicted molar refractivity (Wildman–Crippen MR) is 205 cm³/mol. The largest absolute Gasteiger partial charge is 0.462 e. The van der Waals surface area contributed by atoms with Crippen LogP contribution in [0, 0.1) is 0 Å². The summed E-state index contributed by atoms with van der Waals surface area (Å²) in [4.78, 5) is 24.3. The van der Waals surface area contributed by atoms with E-state index < -0.39 is 6.10 Å². The van der Waals surface area contributed by atoms with Crippen LogP contribution in [-0.4, -0.2) is 36.4 Å². The van der Waals surface area contributed by atoms with E-state index in [9.17, 15) is 14.7 Å². The number of esters is 2. The van der Waals surface area contributed by atoms with Gasteiger partial charge in [-0.3, -0.25) is 9.59 Å². The molecule has 1 N–H and O–H groups in total. The number of carbonyl (C=O) groups excluding carboxylic acids is 2. The first-order valence-corrected chi connectivity index (χ1v) is 20.2. The normalized spacial score (nSPS) is 12.6. The second-order valence-corrected chi connectivity index (χ2v) is 13.4. The van der Waals surface area contributed by atoms with E-state index in [4.69, 9.17) is 9.47 Å². The second-order valence-electron chi connectivity index (χ2n) is 13.4. The van der Waals surface area contributed by atoms with Crippen LogP contribution >= 0.6 is 0 Å². The molecule has 0 fully saturated rings. The van der Waals surface area contributed by atoms with Crippen molar-refractivity contribution in [3.63, 3.8) is 0 Å². The lowest BCUT2D eigenvalue weighted by molar-refractivity contribution is -0.161. The summed E-state index contributed by atoms with van der Waals surface area (Å²) in [6.45, 7) is 4.08. The topological polar surface area (TPSA) is 72.8 Å². The molecule has 0 heterocycles. The summed E-state index contributed by atoms with van der Waals surface area (Å²) in [5.74, 6) is -0.621. The van der Waals surface area contributed by atoms with Crippen LogP contribution in [0.2, 0.25) is 0 Å². The molecule has 0 rings (SSSR count). The molecule has 0 radical (unpaired) electrons. The van der Waals surface area contributed by atoms with Gasteiger partial charge in [0.1, 0.15) is 6.61 Å². The number of rotatable bonds is 36. The highest BCUT2D eigenvalue weighted by Gasteiger charge is 2.16. The van der Waals surface area contributed by atoms with Crippen LogP contribution in [0.1, 0.15) is 194 Å². The van der Waals surface area contributed by atoms with Crippen LogP contribution < -0.4 is 0 Å². The van der Waals surface area contributed by atoms with Gasteiger partial charge in [-0.15, -0.1) is 0 Å². The van der Waals surface area contributed by atoms with Crippen LogP contribution in [0.4, 0.5) is 0 Å². The molecule has 0 amide bonds. The van der Waals surface area contributed by atoms with Gasteiger partial charge in [-0.1, -0.05) is 152 Å². The monoisotopic (exact) mass is 673 g/mol. The Morgan fingerprint density at radius 1 is 0.479 bits per heavy atom. The van der Waals surface area contributed by atoms with Crippen LogP contribution in [0.3, 0.4) is 0 Å². The van der Waals surface area contributed by atoms with E-state index in [-0.39, 0.29) is 25.2 Å². The maximum atomic E-state index is 12.2. The Balaban J connectivity index is 3.61. The third-order valence-electron chi connectivity index (χ3n) is 8.60. The molecule has 0 saturated heterocycles. The highest BCUT2D eigenvalue weighted by Crippen LogP contribution is 2.12. The van der Waals surface area contributed by atoms with E-state index in [1.807, 2.05) is 0 Å². The van der Waals surface area contributed by atoms with Gasteiger partial charge in [-0.05, 0) is 77.0 Å². The van der Waals surface area contributed by atoms with Crippen LogP contribution in [-0.2, 0) is 19.1 Å². The van der Waals surface area contributed by atoms with Crippen molar-refractivity contribution < 1.29 is 24.2 Å². The number of aliphatic hydroxyl groups is 1. The third-order valence-corrected chi connectivity index (χ3v) is 8.60. The highest BCUT2D eigenvalue weighted by molar-refractivity contribution is 5.70. The summed E-state index contributed by atoms with van der Waals surface area (Å²) in [5.41, 5.74) is 0. The fourth-order valence-corrected chi connectivity index (χ4v) is 5.50. The Labute approximate surface area is 297 Å². The molecule has 1 atom stereocenters. The number of aliphatic hydroxyl groups excluding tert-OH is 1. The Bertz CT molecular complexity index is 812. The van der Waals surface area contributed by atoms with Gasteiger partial charge in [0.15, 0.2) is 6.10 Å². The van der Waals surface area contributed by atoms with Gasteiger partial charge in [0.2, 0.25) is 0 Å². The Morgan fingerprint density at radius 2 is 0.833 bits per heavy atom. The predicted octanol–water partition coefficient (Wildman–Crippen LogP) is 12.6. The summed E-state index contributed by atoms with van der Waals surface area (Å²) in [7, 11) is 0. The fraction of sp³-hybridized carbons (Fsp3) is 0.767. The van der Waals surface area contributed by atoms with Crippen LogP contribution in [0.5, 0.6) is 0 Å². The molecule has 48 heavy (non-hydrogen) atoms. The van der Waals surface area contributed by atoms with E-state index >= 15 is 0 Å². The first-order valence-electron chi connectivity index (χ1n) is 20.2. The molecule has 0 spiro atoms. The average Bonchev–Trinajstić information content (AvgIpc) is 3.09. The van der Waals surface area contributed by atoms with Crippen molar-refractivity contribution in [3.05, 3.63) is 48.6 Å². The number of hydrogen-bond donors (Lipinski definition) is 1. The molecule has 5 heteroatoms. The minimum atomic E-state index is -0.784. The van der Waals surface area contributed by atoms with E-state index in [0.717, 1.165) is 64.2 Å². The molecule has 0 bridgehead atoms. The first kappa shape index (κ1) is 45.9.